The van der Waals surface area contributed by atoms with Crippen LogP contribution in [-0.2, 0) is 9.59 Å². The molecule has 0 bridgehead atoms. The van der Waals surface area contributed by atoms with Crippen molar-refractivity contribution in [3.63, 3.8) is 0 Å². The predicted octanol–water partition coefficient (Wildman–Crippen LogP) is 0.505. The lowest BCUT2D eigenvalue weighted by atomic mass is 10.3. The van der Waals surface area contributed by atoms with Crippen LogP contribution >= 0.6 is 23.2 Å². The van der Waals surface area contributed by atoms with Gasteiger partial charge in [-0.1, -0.05) is 0 Å². The van der Waals surface area contributed by atoms with Crippen LogP contribution in [0.5, 0.6) is 0 Å². The summed E-state index contributed by atoms with van der Waals surface area (Å²) in [5.41, 5.74) is 0. The first kappa shape index (κ1) is 16.5. The maximum Gasteiger partial charge on any atom is 0.223 e. The van der Waals surface area contributed by atoms with Gasteiger partial charge < -0.3 is 10.2 Å². The molecule has 0 aromatic rings. The molecule has 0 unspecified atom stereocenters. The van der Waals surface area contributed by atoms with Gasteiger partial charge in [-0.2, -0.15) is 0 Å². The summed E-state index contributed by atoms with van der Waals surface area (Å²) >= 11 is 11.0. The Balaban J connectivity index is 2.13. The summed E-state index contributed by atoms with van der Waals surface area (Å²) < 4.78 is 0. The monoisotopic (exact) mass is 309 g/mol. The molecule has 0 atom stereocenters. The molecule has 1 heterocycles. The second kappa shape index (κ2) is 9.39. The molecular weight excluding hydrogens is 289 g/mol. The molecule has 1 saturated heterocycles. The van der Waals surface area contributed by atoms with Crippen LogP contribution in [0.3, 0.4) is 0 Å². The van der Waals surface area contributed by atoms with Crippen molar-refractivity contribution in [1.29, 1.82) is 0 Å². The number of rotatable bonds is 7. The first-order valence-corrected chi connectivity index (χ1v) is 7.63. The Bertz CT molecular complexity index is 292. The van der Waals surface area contributed by atoms with Crippen molar-refractivity contribution in [2.75, 3.05) is 51.0 Å². The predicted molar refractivity (Wildman–Crippen MR) is 76.7 cm³/mol. The highest BCUT2D eigenvalue weighted by Gasteiger charge is 2.20. The van der Waals surface area contributed by atoms with Crippen LogP contribution in [0.15, 0.2) is 0 Å². The number of piperazine rings is 1. The summed E-state index contributed by atoms with van der Waals surface area (Å²) in [6, 6.07) is 0. The Labute approximate surface area is 124 Å². The minimum absolute atomic E-state index is 0.00840. The minimum Gasteiger partial charge on any atom is -0.355 e. The molecule has 5 nitrogen and oxygen atoms in total. The Morgan fingerprint density at radius 2 is 1.63 bits per heavy atom. The van der Waals surface area contributed by atoms with Crippen molar-refractivity contribution in [3.8, 4) is 0 Å². The van der Waals surface area contributed by atoms with Gasteiger partial charge in [-0.3, -0.25) is 14.5 Å². The Kier molecular flexibility index (Phi) is 8.18. The molecular formula is C12H21Cl2N3O2. The second-order valence-corrected chi connectivity index (χ2v) is 5.21. The molecule has 2 amide bonds. The summed E-state index contributed by atoms with van der Waals surface area (Å²) in [6.45, 7) is 4.62. The van der Waals surface area contributed by atoms with Gasteiger partial charge in [0.15, 0.2) is 0 Å². The van der Waals surface area contributed by atoms with E-state index in [4.69, 9.17) is 23.2 Å². The Hall–Kier alpha value is -0.520. The van der Waals surface area contributed by atoms with Gasteiger partial charge in [-0.25, -0.2) is 0 Å². The number of carbonyl (C=O) groups excluding carboxylic acids is 2. The van der Waals surface area contributed by atoms with Crippen molar-refractivity contribution in [2.45, 2.75) is 12.8 Å². The third-order valence-electron chi connectivity index (χ3n) is 3.11. The summed E-state index contributed by atoms with van der Waals surface area (Å²) in [4.78, 5) is 26.9. The van der Waals surface area contributed by atoms with Crippen molar-refractivity contribution in [3.05, 3.63) is 0 Å². The van der Waals surface area contributed by atoms with Gasteiger partial charge in [-0.15, -0.1) is 23.2 Å². The van der Waals surface area contributed by atoms with Gasteiger partial charge in [0.25, 0.3) is 0 Å². The highest BCUT2D eigenvalue weighted by atomic mass is 35.5. The molecule has 110 valence electrons. The lowest BCUT2D eigenvalue weighted by Gasteiger charge is -2.34. The fraction of sp³-hybridized carbons (Fsp3) is 0.833. The smallest absolute Gasteiger partial charge is 0.223 e. The van der Waals surface area contributed by atoms with E-state index in [9.17, 15) is 9.59 Å². The normalized spacial score (nSPS) is 16.4. The van der Waals surface area contributed by atoms with Gasteiger partial charge in [0.2, 0.25) is 11.8 Å². The fourth-order valence-corrected chi connectivity index (χ4v) is 2.32. The number of hydrogen-bond acceptors (Lipinski definition) is 3. The largest absolute Gasteiger partial charge is 0.355 e. The van der Waals surface area contributed by atoms with Gasteiger partial charge in [0.1, 0.15) is 0 Å². The summed E-state index contributed by atoms with van der Waals surface area (Å²) in [7, 11) is 0. The molecule has 0 aromatic heterocycles. The number of carbonyl (C=O) groups is 2. The van der Waals surface area contributed by atoms with Crippen LogP contribution in [-0.4, -0.2) is 72.6 Å². The van der Waals surface area contributed by atoms with E-state index in [-0.39, 0.29) is 11.8 Å². The van der Waals surface area contributed by atoms with E-state index in [0.29, 0.717) is 31.1 Å². The molecule has 0 aliphatic carbocycles. The Morgan fingerprint density at radius 3 is 2.21 bits per heavy atom. The summed E-state index contributed by atoms with van der Waals surface area (Å²) in [6.07, 6.45) is 0.776. The highest BCUT2D eigenvalue weighted by molar-refractivity contribution is 6.19. The molecule has 1 fully saturated rings. The number of nitrogens with zero attached hydrogens (tertiary/aromatic N) is 2. The van der Waals surface area contributed by atoms with Crippen LogP contribution in [0, 0.1) is 0 Å². The number of hydrogen-bond donors (Lipinski definition) is 1. The second-order valence-electron chi connectivity index (χ2n) is 4.45. The zero-order valence-corrected chi connectivity index (χ0v) is 12.5. The third kappa shape index (κ3) is 6.45. The standard InChI is InChI=1S/C12H21Cl2N3O2/c13-3-1-11(18)15-5-6-16-7-9-17(10-8-16)12(19)2-4-14/h1-10H2,(H,15,18). The number of nitrogens with one attached hydrogen (secondary N) is 1. The molecule has 0 radical (unpaired) electrons. The summed E-state index contributed by atoms with van der Waals surface area (Å²) in [5, 5.41) is 2.82. The number of halogens is 2. The van der Waals surface area contributed by atoms with Crippen LogP contribution < -0.4 is 5.32 Å². The van der Waals surface area contributed by atoms with Gasteiger partial charge in [0, 0.05) is 63.9 Å². The van der Waals surface area contributed by atoms with E-state index in [1.807, 2.05) is 4.90 Å². The average Bonchev–Trinajstić information content (AvgIpc) is 2.40. The lowest BCUT2D eigenvalue weighted by Crippen LogP contribution is -2.50. The van der Waals surface area contributed by atoms with Crippen LogP contribution in [0.4, 0.5) is 0 Å². The summed E-state index contributed by atoms with van der Waals surface area (Å²) in [5.74, 6) is 0.856. The van der Waals surface area contributed by atoms with E-state index in [1.54, 1.807) is 0 Å². The fourth-order valence-electron chi connectivity index (χ4n) is 1.99. The molecule has 1 aliphatic rings. The number of alkyl halides is 2. The maximum atomic E-state index is 11.6. The molecule has 7 heteroatoms. The van der Waals surface area contributed by atoms with Gasteiger partial charge in [0.05, 0.1) is 0 Å². The molecule has 1 N–H and O–H groups in total. The van der Waals surface area contributed by atoms with E-state index in [2.05, 4.69) is 10.2 Å². The van der Waals surface area contributed by atoms with E-state index >= 15 is 0 Å². The molecule has 1 aliphatic heterocycles. The van der Waals surface area contributed by atoms with Crippen molar-refractivity contribution in [2.24, 2.45) is 0 Å². The van der Waals surface area contributed by atoms with E-state index in [0.717, 1.165) is 32.7 Å². The lowest BCUT2D eigenvalue weighted by molar-refractivity contribution is -0.132. The van der Waals surface area contributed by atoms with Crippen LogP contribution in [0.25, 0.3) is 0 Å². The molecule has 1 rings (SSSR count). The molecule has 0 aromatic carbocycles. The molecule has 0 spiro atoms. The zero-order valence-electron chi connectivity index (χ0n) is 11.0. The van der Waals surface area contributed by atoms with Crippen molar-refractivity contribution in [1.82, 2.24) is 15.1 Å². The zero-order chi connectivity index (χ0) is 14.1. The first-order valence-electron chi connectivity index (χ1n) is 6.56. The van der Waals surface area contributed by atoms with E-state index in [1.165, 1.54) is 0 Å². The Morgan fingerprint density at radius 1 is 1.00 bits per heavy atom. The number of amides is 2. The third-order valence-corrected chi connectivity index (χ3v) is 3.48. The van der Waals surface area contributed by atoms with E-state index < -0.39 is 0 Å². The molecule has 0 saturated carbocycles. The minimum atomic E-state index is -0.00840. The topological polar surface area (TPSA) is 52.7 Å². The van der Waals surface area contributed by atoms with Crippen molar-refractivity contribution < 1.29 is 9.59 Å². The highest BCUT2D eigenvalue weighted by Crippen LogP contribution is 2.03. The van der Waals surface area contributed by atoms with Gasteiger partial charge >= 0.3 is 0 Å². The molecule has 19 heavy (non-hydrogen) atoms. The first-order chi connectivity index (χ1) is 9.17. The SMILES string of the molecule is O=C(CCCl)NCCN1CCN(C(=O)CCCl)CC1. The quantitative estimate of drug-likeness (QED) is 0.697. The maximum absolute atomic E-state index is 11.6. The van der Waals surface area contributed by atoms with Crippen LogP contribution in [0.1, 0.15) is 12.8 Å². The van der Waals surface area contributed by atoms with Crippen LogP contribution in [0.2, 0.25) is 0 Å². The van der Waals surface area contributed by atoms with Crippen molar-refractivity contribution >= 4 is 35.0 Å². The average molecular weight is 310 g/mol. The van der Waals surface area contributed by atoms with Gasteiger partial charge in [-0.05, 0) is 0 Å².